The van der Waals surface area contributed by atoms with Gasteiger partial charge < -0.3 is 4.74 Å². The molecule has 25 heavy (non-hydrogen) atoms. The van der Waals surface area contributed by atoms with Gasteiger partial charge in [0, 0.05) is 0 Å². The second kappa shape index (κ2) is 7.40. The van der Waals surface area contributed by atoms with Crippen LogP contribution < -0.4 is 4.74 Å². The van der Waals surface area contributed by atoms with Crippen LogP contribution >= 0.6 is 0 Å². The molecule has 0 radical (unpaired) electrons. The lowest BCUT2D eigenvalue weighted by Crippen LogP contribution is -2.18. The highest BCUT2D eigenvalue weighted by Crippen LogP contribution is 2.26. The Morgan fingerprint density at radius 1 is 1.04 bits per heavy atom. The second-order valence-electron chi connectivity index (χ2n) is 5.15. The average Bonchev–Trinajstić information content (AvgIpc) is 2.49. The van der Waals surface area contributed by atoms with Crippen LogP contribution in [0.25, 0.3) is 0 Å². The lowest BCUT2D eigenvalue weighted by molar-refractivity contribution is -0.275. The molecule has 0 bridgehead atoms. The van der Waals surface area contributed by atoms with E-state index in [4.69, 9.17) is 4.18 Å². The molecule has 0 aliphatic carbocycles. The fourth-order valence-electron chi connectivity index (χ4n) is 1.95. The molecule has 0 heterocycles. The van der Waals surface area contributed by atoms with Crippen LogP contribution in [0.3, 0.4) is 0 Å². The molecule has 9 heteroatoms. The standard InChI is InChI=1S/C16H14F4O4S/c1-11-2-5-13(6-3-11)25(21,22)23-9-8-12-4-7-15(14(17)10-12)24-16(18,19)20/h2-7,10H,8-9H2,1H3. The first-order chi connectivity index (χ1) is 11.6. The van der Waals surface area contributed by atoms with E-state index < -0.39 is 28.0 Å². The molecule has 0 atom stereocenters. The third kappa shape index (κ3) is 5.71. The SMILES string of the molecule is Cc1ccc(S(=O)(=O)OCCc2ccc(OC(F)(F)F)c(F)c2)cc1. The maximum Gasteiger partial charge on any atom is 0.573 e. The molecule has 2 aromatic carbocycles. The molecular weight excluding hydrogens is 364 g/mol. The van der Waals surface area contributed by atoms with Crippen molar-refractivity contribution >= 4 is 10.1 Å². The first-order valence-electron chi connectivity index (χ1n) is 7.07. The predicted octanol–water partition coefficient (Wildman–Crippen LogP) is 3.98. The predicted molar refractivity (Wildman–Crippen MR) is 81.1 cm³/mol. The molecule has 0 fully saturated rings. The normalized spacial score (nSPS) is 12.2. The number of hydrogen-bond acceptors (Lipinski definition) is 4. The molecule has 0 spiro atoms. The summed E-state index contributed by atoms with van der Waals surface area (Å²) in [6.07, 6.45) is -5.00. The zero-order valence-electron chi connectivity index (χ0n) is 13.0. The van der Waals surface area contributed by atoms with Crippen LogP contribution in [0.1, 0.15) is 11.1 Å². The number of halogens is 4. The van der Waals surface area contributed by atoms with Crippen LogP contribution in [0.4, 0.5) is 17.6 Å². The van der Waals surface area contributed by atoms with Crippen LogP contribution in [-0.2, 0) is 20.7 Å². The van der Waals surface area contributed by atoms with Crippen molar-refractivity contribution in [3.8, 4) is 5.75 Å². The molecule has 0 aromatic heterocycles. The molecule has 0 aliphatic heterocycles. The molecule has 136 valence electrons. The zero-order chi connectivity index (χ0) is 18.7. The molecule has 0 saturated carbocycles. The Hall–Kier alpha value is -2.13. The Morgan fingerprint density at radius 3 is 2.24 bits per heavy atom. The number of alkyl halides is 3. The van der Waals surface area contributed by atoms with Crippen LogP contribution in [0.15, 0.2) is 47.4 Å². The first-order valence-corrected chi connectivity index (χ1v) is 8.48. The molecule has 0 unspecified atom stereocenters. The summed E-state index contributed by atoms with van der Waals surface area (Å²) in [6, 6.07) is 8.89. The van der Waals surface area contributed by atoms with E-state index in [-0.39, 0.29) is 23.5 Å². The zero-order valence-corrected chi connectivity index (χ0v) is 13.8. The van der Waals surface area contributed by atoms with Gasteiger partial charge in [-0.3, -0.25) is 4.18 Å². The van der Waals surface area contributed by atoms with Crippen LogP contribution in [0, 0.1) is 12.7 Å². The molecule has 0 saturated heterocycles. The van der Waals surface area contributed by atoms with E-state index in [1.54, 1.807) is 19.1 Å². The average molecular weight is 378 g/mol. The van der Waals surface area contributed by atoms with Gasteiger partial charge in [-0.15, -0.1) is 13.2 Å². The van der Waals surface area contributed by atoms with Gasteiger partial charge in [0.2, 0.25) is 0 Å². The Bertz CT molecular complexity index is 830. The van der Waals surface area contributed by atoms with Gasteiger partial charge in [-0.25, -0.2) is 4.39 Å². The first kappa shape index (κ1) is 19.2. The molecule has 2 rings (SSSR count). The van der Waals surface area contributed by atoms with E-state index in [0.29, 0.717) is 0 Å². The highest BCUT2D eigenvalue weighted by atomic mass is 32.2. The maximum atomic E-state index is 13.6. The third-order valence-corrected chi connectivity index (χ3v) is 4.49. The summed E-state index contributed by atoms with van der Waals surface area (Å²) in [5, 5.41) is 0. The molecular formula is C16H14F4O4S. The summed E-state index contributed by atoms with van der Waals surface area (Å²) in [5.41, 5.74) is 1.15. The molecule has 0 amide bonds. The number of ether oxygens (including phenoxy) is 1. The summed E-state index contributed by atoms with van der Waals surface area (Å²) >= 11 is 0. The third-order valence-electron chi connectivity index (χ3n) is 3.16. The Morgan fingerprint density at radius 2 is 1.68 bits per heavy atom. The summed E-state index contributed by atoms with van der Waals surface area (Å²) in [4.78, 5) is -0.0156. The molecule has 2 aromatic rings. The monoisotopic (exact) mass is 378 g/mol. The molecule has 0 N–H and O–H groups in total. The largest absolute Gasteiger partial charge is 0.573 e. The van der Waals surface area contributed by atoms with Crippen molar-refractivity contribution in [2.75, 3.05) is 6.61 Å². The highest BCUT2D eigenvalue weighted by molar-refractivity contribution is 7.86. The Kier molecular flexibility index (Phi) is 5.69. The minimum absolute atomic E-state index is 0.00565. The number of aryl methyl sites for hydroxylation is 1. The number of benzene rings is 2. The van der Waals surface area contributed by atoms with Crippen molar-refractivity contribution in [2.45, 2.75) is 24.6 Å². The van der Waals surface area contributed by atoms with E-state index in [0.717, 1.165) is 17.7 Å². The highest BCUT2D eigenvalue weighted by Gasteiger charge is 2.32. The van der Waals surface area contributed by atoms with Crippen molar-refractivity contribution in [3.63, 3.8) is 0 Å². The van der Waals surface area contributed by atoms with Crippen molar-refractivity contribution in [3.05, 3.63) is 59.4 Å². The Balaban J connectivity index is 1.97. The van der Waals surface area contributed by atoms with Crippen LogP contribution in [-0.4, -0.2) is 21.4 Å². The fraction of sp³-hybridized carbons (Fsp3) is 0.250. The fourth-order valence-corrected chi connectivity index (χ4v) is 2.86. The van der Waals surface area contributed by atoms with E-state index >= 15 is 0 Å². The van der Waals surface area contributed by atoms with Gasteiger partial charge in [-0.1, -0.05) is 23.8 Å². The summed E-state index contributed by atoms with van der Waals surface area (Å²) in [7, 11) is -3.96. The Labute approximate surface area is 142 Å². The van der Waals surface area contributed by atoms with E-state index in [9.17, 15) is 26.0 Å². The van der Waals surface area contributed by atoms with Gasteiger partial charge in [0.25, 0.3) is 10.1 Å². The number of hydrogen-bond donors (Lipinski definition) is 0. The summed E-state index contributed by atoms with van der Waals surface area (Å²) in [5.74, 6) is -2.15. The van der Waals surface area contributed by atoms with Crippen molar-refractivity contribution in [1.82, 2.24) is 0 Å². The summed E-state index contributed by atoms with van der Waals surface area (Å²) < 4.78 is 82.1. The molecule has 0 aliphatic rings. The smallest absolute Gasteiger partial charge is 0.403 e. The van der Waals surface area contributed by atoms with Crippen LogP contribution in [0.2, 0.25) is 0 Å². The van der Waals surface area contributed by atoms with Crippen molar-refractivity contribution in [2.24, 2.45) is 0 Å². The number of rotatable bonds is 6. The van der Waals surface area contributed by atoms with Gasteiger partial charge in [0.05, 0.1) is 11.5 Å². The minimum Gasteiger partial charge on any atom is -0.403 e. The van der Waals surface area contributed by atoms with Gasteiger partial charge in [0.15, 0.2) is 11.6 Å². The van der Waals surface area contributed by atoms with E-state index in [1.807, 2.05) is 0 Å². The van der Waals surface area contributed by atoms with Crippen LogP contribution in [0.5, 0.6) is 5.75 Å². The lowest BCUT2D eigenvalue weighted by Gasteiger charge is -2.11. The van der Waals surface area contributed by atoms with E-state index in [1.165, 1.54) is 18.2 Å². The molecule has 4 nitrogen and oxygen atoms in total. The lowest BCUT2D eigenvalue weighted by atomic mass is 10.1. The van der Waals surface area contributed by atoms with Gasteiger partial charge in [0.1, 0.15) is 0 Å². The second-order valence-corrected chi connectivity index (χ2v) is 6.77. The topological polar surface area (TPSA) is 52.6 Å². The van der Waals surface area contributed by atoms with Crippen molar-refractivity contribution < 1.29 is 34.9 Å². The minimum atomic E-state index is -4.99. The van der Waals surface area contributed by atoms with Gasteiger partial charge in [-0.05, 0) is 43.2 Å². The van der Waals surface area contributed by atoms with Gasteiger partial charge in [-0.2, -0.15) is 8.42 Å². The summed E-state index contributed by atoms with van der Waals surface area (Å²) in [6.45, 7) is 1.52. The van der Waals surface area contributed by atoms with Crippen molar-refractivity contribution in [1.29, 1.82) is 0 Å². The quantitative estimate of drug-likeness (QED) is 0.564. The van der Waals surface area contributed by atoms with E-state index in [2.05, 4.69) is 4.74 Å². The maximum absolute atomic E-state index is 13.6. The van der Waals surface area contributed by atoms with Gasteiger partial charge >= 0.3 is 6.36 Å².